The lowest BCUT2D eigenvalue weighted by atomic mass is 9.87. The first-order valence-corrected chi connectivity index (χ1v) is 21.1. The number of aromatic amines is 2. The van der Waals surface area contributed by atoms with Gasteiger partial charge in [0.25, 0.3) is 0 Å². The van der Waals surface area contributed by atoms with Crippen molar-refractivity contribution in [2.24, 2.45) is 17.6 Å². The molecule has 2 heterocycles. The van der Waals surface area contributed by atoms with E-state index in [2.05, 4.69) is 65.1 Å². The molecule has 0 aliphatic carbocycles. The van der Waals surface area contributed by atoms with Gasteiger partial charge in [-0.25, -0.2) is 9.59 Å². The van der Waals surface area contributed by atoms with E-state index < -0.39 is 30.1 Å². The highest BCUT2D eigenvalue weighted by Crippen LogP contribution is 2.26. The summed E-state index contributed by atoms with van der Waals surface area (Å²) in [6, 6.07) is 34.7. The predicted molar refractivity (Wildman–Crippen MR) is 239 cm³/mol. The predicted octanol–water partition coefficient (Wildman–Crippen LogP) is 6.77. The third-order valence-corrected chi connectivity index (χ3v) is 10.3. The number of nitrogens with two attached hydrogens (primary N) is 1. The van der Waals surface area contributed by atoms with Gasteiger partial charge in [-0.3, -0.25) is 14.4 Å². The fraction of sp³-hybridized carbons (Fsp3) is 0.312. The molecule has 6 aromatic rings. The minimum Gasteiger partial charge on any atom is -0.465 e. The molecule has 0 unspecified atom stereocenters. The van der Waals surface area contributed by atoms with Gasteiger partial charge in [-0.05, 0) is 84.7 Å². The van der Waals surface area contributed by atoms with Crippen LogP contribution in [0.3, 0.4) is 0 Å². The molecular formula is C48H54N8O8. The average Bonchev–Trinajstić information content (AvgIpc) is 4.07. The molecule has 4 aromatic carbocycles. The van der Waals surface area contributed by atoms with Crippen LogP contribution in [0.25, 0.3) is 22.3 Å². The van der Waals surface area contributed by atoms with Crippen LogP contribution in [0.5, 0.6) is 0 Å². The topological polar surface area (TPSA) is 234 Å². The van der Waals surface area contributed by atoms with Gasteiger partial charge in [0.05, 0.1) is 32.7 Å². The molecule has 0 aliphatic heterocycles. The number of H-pyrrole nitrogens is 2. The summed E-state index contributed by atoms with van der Waals surface area (Å²) in [6.45, 7) is 3.87. The van der Waals surface area contributed by atoms with Crippen molar-refractivity contribution in [2.75, 3.05) is 20.3 Å². The number of nitrogens with one attached hydrogen (secondary N) is 3. The summed E-state index contributed by atoms with van der Waals surface area (Å²) >= 11 is 0. The van der Waals surface area contributed by atoms with E-state index in [1.54, 1.807) is 13.8 Å². The number of hydrogen-bond donors (Lipinski definition) is 4. The fourth-order valence-corrected chi connectivity index (χ4v) is 7.17. The van der Waals surface area contributed by atoms with Gasteiger partial charge < -0.3 is 25.3 Å². The number of rotatable bonds is 21. The minimum absolute atomic E-state index is 0.117. The lowest BCUT2D eigenvalue weighted by Crippen LogP contribution is -2.43. The number of benzene rings is 4. The number of esters is 2. The van der Waals surface area contributed by atoms with Crippen LogP contribution in [0.4, 0.5) is 4.79 Å². The monoisotopic (exact) mass is 870 g/mol. The van der Waals surface area contributed by atoms with Crippen LogP contribution >= 0.6 is 0 Å². The van der Waals surface area contributed by atoms with Gasteiger partial charge in [-0.1, -0.05) is 109 Å². The number of methoxy groups -OCH3 is 1. The molecule has 0 radical (unpaired) electrons. The Morgan fingerprint density at radius 1 is 0.594 bits per heavy atom. The van der Waals surface area contributed by atoms with Gasteiger partial charge in [0.1, 0.15) is 23.5 Å². The van der Waals surface area contributed by atoms with E-state index in [4.69, 9.17) is 15.2 Å². The van der Waals surface area contributed by atoms with Crippen LogP contribution in [0.15, 0.2) is 122 Å². The van der Waals surface area contributed by atoms with Gasteiger partial charge in [0.15, 0.2) is 11.6 Å². The zero-order chi connectivity index (χ0) is 45.7. The van der Waals surface area contributed by atoms with Crippen LogP contribution in [-0.2, 0) is 36.6 Å². The SMILES string of the molecule is CCOC(=O)[C@@H](C[C@H](CC(=O)c1cn[nH]n1)Cc1ccc(-c2ccccc2)cc1)NC(=O)OC.CCOC(=O)[C@H](N)C[C@H](CC(=O)c1cn[nH]n1)Cc1ccc(-c2ccccc2)cc1. The summed E-state index contributed by atoms with van der Waals surface area (Å²) in [7, 11) is 1.22. The standard InChI is InChI=1S/C25H28N4O5.C23H26N4O3/c1-3-34-24(31)21(27-25(32)33-2)14-18(15-23(30)22-16-26-29-28-22)13-17-9-11-20(12-10-17)19-7-5-4-6-8-19;1-2-30-23(29)20(24)13-17(14-22(28)21-15-25-27-26-21)12-16-8-10-19(11-9-16)18-6-4-3-5-7-18/h4-12,16,18,21H,3,13-15H2,1-2H3,(H,27,32)(H,26,28,29);3-11,15,17,20H,2,12-14,24H2,1H3,(H,25,26,27)/t18-,21-;17-,20-/m11/s1. The second kappa shape index (κ2) is 24.9. The number of carbonyl (C=O) groups is 5. The molecule has 0 fully saturated rings. The summed E-state index contributed by atoms with van der Waals surface area (Å²) in [4.78, 5) is 61.6. The first-order chi connectivity index (χ1) is 31.1. The van der Waals surface area contributed by atoms with Crippen molar-refractivity contribution >= 4 is 29.6 Å². The number of hydrogen-bond acceptors (Lipinski definition) is 13. The Morgan fingerprint density at radius 2 is 1.02 bits per heavy atom. The maximum atomic E-state index is 12.8. The van der Waals surface area contributed by atoms with Crippen molar-refractivity contribution in [3.63, 3.8) is 0 Å². The van der Waals surface area contributed by atoms with E-state index in [1.807, 2.05) is 84.9 Å². The van der Waals surface area contributed by atoms with Crippen LogP contribution < -0.4 is 11.1 Å². The lowest BCUT2D eigenvalue weighted by Gasteiger charge is -2.22. The Hall–Kier alpha value is -7.33. The van der Waals surface area contributed by atoms with Crippen LogP contribution in [-0.4, -0.2) is 92.8 Å². The zero-order valence-corrected chi connectivity index (χ0v) is 36.1. The molecule has 0 saturated carbocycles. The quantitative estimate of drug-likeness (QED) is 0.0333. The van der Waals surface area contributed by atoms with E-state index in [0.717, 1.165) is 33.4 Å². The van der Waals surface area contributed by atoms with Crippen LogP contribution in [0, 0.1) is 11.8 Å². The highest BCUT2D eigenvalue weighted by molar-refractivity contribution is 5.94. The van der Waals surface area contributed by atoms with Gasteiger partial charge >= 0.3 is 18.0 Å². The normalized spacial score (nSPS) is 12.6. The molecule has 16 nitrogen and oxygen atoms in total. The number of ketones is 2. The number of alkyl carbamates (subject to hydrolysis) is 1. The number of ether oxygens (including phenoxy) is 3. The largest absolute Gasteiger partial charge is 0.465 e. The van der Waals surface area contributed by atoms with Gasteiger partial charge in [0.2, 0.25) is 0 Å². The Morgan fingerprint density at radius 3 is 1.42 bits per heavy atom. The van der Waals surface area contributed by atoms with Crippen LogP contribution in [0.2, 0.25) is 0 Å². The maximum absolute atomic E-state index is 12.8. The second-order valence-corrected chi connectivity index (χ2v) is 15.0. The second-order valence-electron chi connectivity index (χ2n) is 15.0. The Balaban J connectivity index is 0.000000243. The first kappa shape index (κ1) is 47.7. The van der Waals surface area contributed by atoms with Gasteiger partial charge in [-0.15, -0.1) is 0 Å². The van der Waals surface area contributed by atoms with Crippen molar-refractivity contribution in [1.29, 1.82) is 0 Å². The number of amides is 1. The van der Waals surface area contributed by atoms with E-state index in [-0.39, 0.29) is 67.3 Å². The highest BCUT2D eigenvalue weighted by atomic mass is 16.5. The Bertz CT molecular complexity index is 2340. The molecule has 2 aromatic heterocycles. The van der Waals surface area contributed by atoms with Gasteiger partial charge in [-0.2, -0.15) is 30.8 Å². The molecular weight excluding hydrogens is 817 g/mol. The molecule has 16 heteroatoms. The molecule has 0 bridgehead atoms. The average molecular weight is 871 g/mol. The third-order valence-electron chi connectivity index (χ3n) is 10.3. The molecule has 1 amide bonds. The Kier molecular flexibility index (Phi) is 18.6. The van der Waals surface area contributed by atoms with E-state index in [1.165, 1.54) is 19.5 Å². The lowest BCUT2D eigenvalue weighted by molar-refractivity contribution is -0.146. The molecule has 0 saturated heterocycles. The molecule has 0 aliphatic rings. The van der Waals surface area contributed by atoms with Crippen molar-refractivity contribution in [2.45, 2.75) is 64.5 Å². The summed E-state index contributed by atoms with van der Waals surface area (Å²) < 4.78 is 14.8. The number of carbonyl (C=O) groups excluding carboxylic acids is 5. The van der Waals surface area contributed by atoms with Crippen molar-refractivity contribution < 1.29 is 38.2 Å². The molecule has 334 valence electrons. The summed E-state index contributed by atoms with van der Waals surface area (Å²) in [5, 5.41) is 22.5. The molecule has 0 spiro atoms. The first-order valence-electron chi connectivity index (χ1n) is 21.1. The highest BCUT2D eigenvalue weighted by Gasteiger charge is 2.29. The fourth-order valence-electron chi connectivity index (χ4n) is 7.17. The van der Waals surface area contributed by atoms with E-state index in [0.29, 0.717) is 19.3 Å². The van der Waals surface area contributed by atoms with Crippen molar-refractivity contribution in [3.8, 4) is 22.3 Å². The maximum Gasteiger partial charge on any atom is 0.407 e. The van der Waals surface area contributed by atoms with E-state index in [9.17, 15) is 24.0 Å². The number of nitrogens with zero attached hydrogens (tertiary/aromatic N) is 4. The number of Topliss-reactive ketones (excluding diaryl/α,β-unsaturated/α-hetero) is 2. The summed E-state index contributed by atoms with van der Waals surface area (Å²) in [5.41, 5.74) is 13.1. The molecule has 6 rings (SSSR count). The van der Waals surface area contributed by atoms with Gasteiger partial charge in [0, 0.05) is 12.8 Å². The smallest absolute Gasteiger partial charge is 0.407 e. The summed E-state index contributed by atoms with van der Waals surface area (Å²) in [5.74, 6) is -1.78. The Labute approximate surface area is 371 Å². The third kappa shape index (κ3) is 14.9. The van der Waals surface area contributed by atoms with Crippen LogP contribution in [0.1, 0.15) is 71.6 Å². The summed E-state index contributed by atoms with van der Waals surface area (Å²) in [6.07, 6.45) is 4.03. The number of aromatic nitrogens is 6. The minimum atomic E-state index is -0.953. The zero-order valence-electron chi connectivity index (χ0n) is 36.1. The molecule has 64 heavy (non-hydrogen) atoms. The molecule has 4 atom stereocenters. The molecule has 5 N–H and O–H groups in total. The van der Waals surface area contributed by atoms with E-state index >= 15 is 0 Å². The van der Waals surface area contributed by atoms with Crippen molar-refractivity contribution in [1.82, 2.24) is 36.1 Å². The van der Waals surface area contributed by atoms with Crippen molar-refractivity contribution in [3.05, 3.63) is 144 Å².